The standard InChI is InChI=1S/C17H16N2O2/c1-10-6-4-8-14(11(10)2)19-12(3)18-16-13(17(20)21)7-5-9-15(16)19/h4-9H,1-3H3,(H,20,21). The fraction of sp³-hybridized carbons (Fsp3) is 0.176. The number of nitrogens with zero attached hydrogens (tertiary/aromatic N) is 2. The van der Waals surface area contributed by atoms with Crippen LogP contribution in [0.5, 0.6) is 0 Å². The van der Waals surface area contributed by atoms with Gasteiger partial charge in [-0.15, -0.1) is 0 Å². The highest BCUT2D eigenvalue weighted by atomic mass is 16.4. The van der Waals surface area contributed by atoms with Crippen molar-refractivity contribution >= 4 is 17.0 Å². The van der Waals surface area contributed by atoms with E-state index in [9.17, 15) is 9.90 Å². The predicted molar refractivity (Wildman–Crippen MR) is 82.2 cm³/mol. The number of benzene rings is 2. The summed E-state index contributed by atoms with van der Waals surface area (Å²) in [5.74, 6) is -0.168. The maximum absolute atomic E-state index is 11.3. The van der Waals surface area contributed by atoms with E-state index in [2.05, 4.69) is 24.9 Å². The minimum Gasteiger partial charge on any atom is -0.478 e. The number of carbonyl (C=O) groups is 1. The second-order valence-corrected chi connectivity index (χ2v) is 5.19. The first-order valence-electron chi connectivity index (χ1n) is 6.78. The van der Waals surface area contributed by atoms with Gasteiger partial charge >= 0.3 is 5.97 Å². The number of carboxylic acid groups (broad SMARTS) is 1. The highest BCUT2D eigenvalue weighted by Gasteiger charge is 2.16. The zero-order chi connectivity index (χ0) is 15.1. The van der Waals surface area contributed by atoms with Crippen molar-refractivity contribution in [3.8, 4) is 5.69 Å². The summed E-state index contributed by atoms with van der Waals surface area (Å²) in [7, 11) is 0. The van der Waals surface area contributed by atoms with Crippen molar-refractivity contribution in [1.82, 2.24) is 9.55 Å². The number of aromatic nitrogens is 2. The lowest BCUT2D eigenvalue weighted by Gasteiger charge is -2.12. The van der Waals surface area contributed by atoms with Crippen molar-refractivity contribution in [2.24, 2.45) is 0 Å². The van der Waals surface area contributed by atoms with Crippen LogP contribution in [0.4, 0.5) is 0 Å². The van der Waals surface area contributed by atoms with Crippen LogP contribution >= 0.6 is 0 Å². The largest absolute Gasteiger partial charge is 0.478 e. The zero-order valence-corrected chi connectivity index (χ0v) is 12.2. The second kappa shape index (κ2) is 4.74. The number of hydrogen-bond acceptors (Lipinski definition) is 2. The number of fused-ring (bicyclic) bond motifs is 1. The Hall–Kier alpha value is -2.62. The summed E-state index contributed by atoms with van der Waals surface area (Å²) in [6.45, 7) is 6.03. The lowest BCUT2D eigenvalue weighted by molar-refractivity contribution is 0.0699. The lowest BCUT2D eigenvalue weighted by Crippen LogP contribution is -2.01. The molecule has 3 aromatic rings. The van der Waals surface area contributed by atoms with Gasteiger partial charge in [0.25, 0.3) is 0 Å². The van der Waals surface area contributed by atoms with Crippen molar-refractivity contribution in [1.29, 1.82) is 0 Å². The fourth-order valence-corrected chi connectivity index (χ4v) is 2.67. The smallest absolute Gasteiger partial charge is 0.337 e. The summed E-state index contributed by atoms with van der Waals surface area (Å²) in [5, 5.41) is 9.30. The molecule has 0 radical (unpaired) electrons. The van der Waals surface area contributed by atoms with Crippen molar-refractivity contribution in [3.63, 3.8) is 0 Å². The molecule has 0 aliphatic carbocycles. The first-order chi connectivity index (χ1) is 10.0. The third-order valence-electron chi connectivity index (χ3n) is 3.90. The van der Waals surface area contributed by atoms with Crippen molar-refractivity contribution in [2.75, 3.05) is 0 Å². The van der Waals surface area contributed by atoms with Crippen LogP contribution < -0.4 is 0 Å². The number of aromatic carboxylic acids is 1. The molecule has 0 bridgehead atoms. The Labute approximate surface area is 122 Å². The Bertz CT molecular complexity index is 863. The van der Waals surface area contributed by atoms with Gasteiger partial charge in [0.1, 0.15) is 11.3 Å². The van der Waals surface area contributed by atoms with Crippen LogP contribution in [0, 0.1) is 20.8 Å². The van der Waals surface area contributed by atoms with Crippen LogP contribution in [0.1, 0.15) is 27.3 Å². The van der Waals surface area contributed by atoms with E-state index in [1.165, 1.54) is 11.1 Å². The number of rotatable bonds is 2. The molecular formula is C17H16N2O2. The van der Waals surface area contributed by atoms with Gasteiger partial charge in [0, 0.05) is 0 Å². The van der Waals surface area contributed by atoms with Crippen molar-refractivity contribution < 1.29 is 9.90 Å². The first-order valence-corrected chi connectivity index (χ1v) is 6.78. The molecule has 0 unspecified atom stereocenters. The number of imidazole rings is 1. The Morgan fingerprint density at radius 2 is 1.81 bits per heavy atom. The van der Waals surface area contributed by atoms with Crippen LogP contribution in [0.3, 0.4) is 0 Å². The molecule has 4 nitrogen and oxygen atoms in total. The second-order valence-electron chi connectivity index (χ2n) is 5.19. The third kappa shape index (κ3) is 2.00. The Balaban J connectivity index is 2.39. The van der Waals surface area contributed by atoms with Crippen LogP contribution in [0.15, 0.2) is 36.4 Å². The van der Waals surface area contributed by atoms with Crippen molar-refractivity contribution in [3.05, 3.63) is 58.9 Å². The van der Waals surface area contributed by atoms with Gasteiger partial charge in [-0.3, -0.25) is 4.57 Å². The number of hydrogen-bond donors (Lipinski definition) is 1. The van der Waals surface area contributed by atoms with Gasteiger partial charge in [-0.05, 0) is 50.1 Å². The molecule has 4 heteroatoms. The molecule has 0 saturated heterocycles. The van der Waals surface area contributed by atoms with E-state index in [1.54, 1.807) is 12.1 Å². The highest BCUT2D eigenvalue weighted by molar-refractivity contribution is 6.01. The van der Waals surface area contributed by atoms with E-state index in [0.29, 0.717) is 5.52 Å². The molecule has 0 atom stereocenters. The monoisotopic (exact) mass is 280 g/mol. The molecule has 0 fully saturated rings. The Kier molecular flexibility index (Phi) is 3.01. The molecule has 0 aliphatic heterocycles. The quantitative estimate of drug-likeness (QED) is 0.779. The van der Waals surface area contributed by atoms with Crippen molar-refractivity contribution in [2.45, 2.75) is 20.8 Å². The van der Waals surface area contributed by atoms with Gasteiger partial charge in [-0.1, -0.05) is 18.2 Å². The van der Waals surface area contributed by atoms with E-state index in [4.69, 9.17) is 0 Å². The maximum Gasteiger partial charge on any atom is 0.337 e. The van der Waals surface area contributed by atoms with Gasteiger partial charge in [-0.2, -0.15) is 0 Å². The summed E-state index contributed by atoms with van der Waals surface area (Å²) in [4.78, 5) is 15.8. The van der Waals surface area contributed by atoms with Gasteiger partial charge in [0.15, 0.2) is 0 Å². The normalized spacial score (nSPS) is 11.0. The van der Waals surface area contributed by atoms with Crippen LogP contribution in [-0.2, 0) is 0 Å². The molecule has 1 heterocycles. The molecule has 106 valence electrons. The number of carboxylic acids is 1. The molecular weight excluding hydrogens is 264 g/mol. The van der Waals surface area contributed by atoms with E-state index >= 15 is 0 Å². The zero-order valence-electron chi connectivity index (χ0n) is 12.2. The summed E-state index contributed by atoms with van der Waals surface area (Å²) in [6, 6.07) is 11.4. The van der Waals surface area contributed by atoms with E-state index in [1.807, 2.05) is 29.7 Å². The fourth-order valence-electron chi connectivity index (χ4n) is 2.67. The van der Waals surface area contributed by atoms with Gasteiger partial charge in [0.05, 0.1) is 16.8 Å². The molecule has 0 saturated carbocycles. The molecule has 0 spiro atoms. The lowest BCUT2D eigenvalue weighted by atomic mass is 10.1. The molecule has 1 aromatic heterocycles. The average molecular weight is 280 g/mol. The minimum absolute atomic E-state index is 0.236. The number of para-hydroxylation sites is 1. The SMILES string of the molecule is Cc1cccc(-n2c(C)nc3c(C(=O)O)cccc32)c1C. The molecule has 21 heavy (non-hydrogen) atoms. The highest BCUT2D eigenvalue weighted by Crippen LogP contribution is 2.26. The summed E-state index contributed by atoms with van der Waals surface area (Å²) in [6.07, 6.45) is 0. The van der Waals surface area contributed by atoms with E-state index in [-0.39, 0.29) is 5.56 Å². The summed E-state index contributed by atoms with van der Waals surface area (Å²) < 4.78 is 2.02. The van der Waals surface area contributed by atoms with Gasteiger partial charge in [-0.25, -0.2) is 9.78 Å². The maximum atomic E-state index is 11.3. The topological polar surface area (TPSA) is 55.1 Å². The molecule has 1 N–H and O–H groups in total. The Morgan fingerprint density at radius 1 is 1.10 bits per heavy atom. The molecule has 0 aliphatic rings. The third-order valence-corrected chi connectivity index (χ3v) is 3.90. The van der Waals surface area contributed by atoms with Gasteiger partial charge in [0.2, 0.25) is 0 Å². The molecule has 0 amide bonds. The molecule has 2 aromatic carbocycles. The van der Waals surface area contributed by atoms with E-state index in [0.717, 1.165) is 17.0 Å². The van der Waals surface area contributed by atoms with Crippen LogP contribution in [0.2, 0.25) is 0 Å². The van der Waals surface area contributed by atoms with Crippen LogP contribution in [-0.4, -0.2) is 20.6 Å². The number of aryl methyl sites for hydroxylation is 2. The van der Waals surface area contributed by atoms with E-state index < -0.39 is 5.97 Å². The predicted octanol–water partition coefficient (Wildman–Crippen LogP) is 3.65. The summed E-state index contributed by atoms with van der Waals surface area (Å²) in [5.41, 5.74) is 4.99. The molecule has 3 rings (SSSR count). The average Bonchev–Trinajstić information content (AvgIpc) is 2.77. The van der Waals surface area contributed by atoms with Crippen LogP contribution in [0.25, 0.3) is 16.7 Å². The first kappa shape index (κ1) is 13.4. The minimum atomic E-state index is -0.953. The Morgan fingerprint density at radius 3 is 2.52 bits per heavy atom. The van der Waals surface area contributed by atoms with Gasteiger partial charge < -0.3 is 5.11 Å². The summed E-state index contributed by atoms with van der Waals surface area (Å²) >= 11 is 0.